The minimum absolute atomic E-state index is 0.194. The Morgan fingerprint density at radius 1 is 1.29 bits per heavy atom. The molecule has 0 bridgehead atoms. The number of aliphatic imine (C=N–C) groups is 1. The third-order valence-corrected chi connectivity index (χ3v) is 4.70. The zero-order valence-corrected chi connectivity index (χ0v) is 15.5. The molecular formula is C19H34N4O. The van der Waals surface area contributed by atoms with Crippen molar-refractivity contribution in [1.82, 2.24) is 10.2 Å². The predicted octanol–water partition coefficient (Wildman–Crippen LogP) is 3.54. The first-order valence-electron chi connectivity index (χ1n) is 9.40. The Morgan fingerprint density at radius 3 is 2.67 bits per heavy atom. The van der Waals surface area contributed by atoms with Crippen molar-refractivity contribution in [3.05, 3.63) is 24.2 Å². The molecule has 1 aromatic heterocycles. The zero-order valence-electron chi connectivity index (χ0n) is 15.5. The molecule has 2 unspecified atom stereocenters. The van der Waals surface area contributed by atoms with Crippen molar-refractivity contribution in [2.75, 3.05) is 19.6 Å². The Hall–Kier alpha value is -1.49. The maximum atomic E-state index is 6.10. The van der Waals surface area contributed by atoms with Gasteiger partial charge in [0, 0.05) is 6.04 Å². The summed E-state index contributed by atoms with van der Waals surface area (Å²) >= 11 is 0. The number of furan rings is 1. The van der Waals surface area contributed by atoms with E-state index in [9.17, 15) is 0 Å². The molecular weight excluding hydrogens is 300 g/mol. The molecule has 0 radical (unpaired) electrons. The van der Waals surface area contributed by atoms with E-state index in [0.717, 1.165) is 31.2 Å². The quantitative estimate of drug-likeness (QED) is 0.535. The predicted molar refractivity (Wildman–Crippen MR) is 100 cm³/mol. The van der Waals surface area contributed by atoms with Gasteiger partial charge in [-0.15, -0.1) is 0 Å². The molecule has 0 aromatic carbocycles. The molecule has 1 aliphatic heterocycles. The van der Waals surface area contributed by atoms with Gasteiger partial charge >= 0.3 is 0 Å². The molecule has 24 heavy (non-hydrogen) atoms. The lowest BCUT2D eigenvalue weighted by Crippen LogP contribution is -2.39. The van der Waals surface area contributed by atoms with Gasteiger partial charge in [0.15, 0.2) is 5.96 Å². The summed E-state index contributed by atoms with van der Waals surface area (Å²) in [6.45, 7) is 9.57. The lowest BCUT2D eigenvalue weighted by Gasteiger charge is -2.24. The highest BCUT2D eigenvalue weighted by Crippen LogP contribution is 2.25. The molecule has 0 saturated carbocycles. The van der Waals surface area contributed by atoms with E-state index >= 15 is 0 Å². The molecule has 1 fully saturated rings. The number of hydrogen-bond donors (Lipinski definition) is 2. The summed E-state index contributed by atoms with van der Waals surface area (Å²) in [6, 6.07) is 4.54. The van der Waals surface area contributed by atoms with E-state index < -0.39 is 0 Å². The molecule has 5 heteroatoms. The maximum absolute atomic E-state index is 6.10. The van der Waals surface area contributed by atoms with Crippen molar-refractivity contribution in [3.63, 3.8) is 0 Å². The fraction of sp³-hybridized carbons (Fsp3) is 0.737. The Morgan fingerprint density at radius 2 is 2.04 bits per heavy atom. The van der Waals surface area contributed by atoms with Gasteiger partial charge in [-0.1, -0.05) is 26.7 Å². The van der Waals surface area contributed by atoms with Crippen molar-refractivity contribution in [3.8, 4) is 0 Å². The van der Waals surface area contributed by atoms with Crippen LogP contribution in [0.5, 0.6) is 0 Å². The van der Waals surface area contributed by atoms with Crippen LogP contribution in [0.2, 0.25) is 0 Å². The van der Waals surface area contributed by atoms with Crippen LogP contribution in [0.15, 0.2) is 27.8 Å². The average molecular weight is 335 g/mol. The summed E-state index contributed by atoms with van der Waals surface area (Å²) in [5.74, 6) is 2.29. The van der Waals surface area contributed by atoms with E-state index in [2.05, 4.69) is 36.0 Å². The van der Waals surface area contributed by atoms with Crippen molar-refractivity contribution < 1.29 is 4.42 Å². The second kappa shape index (κ2) is 9.72. The van der Waals surface area contributed by atoms with Gasteiger partial charge in [-0.05, 0) is 57.3 Å². The largest absolute Gasteiger partial charge is 0.468 e. The SMILES string of the molecule is CC(C)CCCC(C)NC(N)=NCC(c1ccco1)N1CCCC1. The first-order valence-corrected chi connectivity index (χ1v) is 9.40. The van der Waals surface area contributed by atoms with E-state index in [1.807, 2.05) is 12.1 Å². The summed E-state index contributed by atoms with van der Waals surface area (Å²) < 4.78 is 5.62. The molecule has 2 rings (SSSR count). The number of nitrogens with zero attached hydrogens (tertiary/aromatic N) is 2. The Balaban J connectivity index is 1.83. The van der Waals surface area contributed by atoms with Gasteiger partial charge in [0.1, 0.15) is 5.76 Å². The van der Waals surface area contributed by atoms with Crippen LogP contribution in [-0.2, 0) is 0 Å². The number of hydrogen-bond acceptors (Lipinski definition) is 3. The number of rotatable bonds is 9. The molecule has 0 aliphatic carbocycles. The fourth-order valence-electron chi connectivity index (χ4n) is 3.31. The molecule has 5 nitrogen and oxygen atoms in total. The van der Waals surface area contributed by atoms with Crippen molar-refractivity contribution >= 4 is 5.96 Å². The second-order valence-electron chi connectivity index (χ2n) is 7.37. The number of likely N-dealkylation sites (tertiary alicyclic amines) is 1. The summed E-state index contributed by atoms with van der Waals surface area (Å²) in [7, 11) is 0. The van der Waals surface area contributed by atoms with Crippen LogP contribution in [-0.4, -0.2) is 36.5 Å². The third-order valence-electron chi connectivity index (χ3n) is 4.70. The monoisotopic (exact) mass is 334 g/mol. The van der Waals surface area contributed by atoms with Crippen molar-refractivity contribution in [2.24, 2.45) is 16.6 Å². The smallest absolute Gasteiger partial charge is 0.188 e. The Labute approximate surface area is 146 Å². The molecule has 136 valence electrons. The summed E-state index contributed by atoms with van der Waals surface area (Å²) in [5, 5.41) is 3.32. The molecule has 0 amide bonds. The van der Waals surface area contributed by atoms with Crippen LogP contribution < -0.4 is 11.1 Å². The number of nitrogens with two attached hydrogens (primary N) is 1. The van der Waals surface area contributed by atoms with Crippen LogP contribution in [0, 0.1) is 5.92 Å². The van der Waals surface area contributed by atoms with Gasteiger partial charge in [-0.25, -0.2) is 0 Å². The van der Waals surface area contributed by atoms with Gasteiger partial charge in [-0.3, -0.25) is 9.89 Å². The Kier molecular flexibility index (Phi) is 7.63. The van der Waals surface area contributed by atoms with Crippen LogP contribution in [0.4, 0.5) is 0 Å². The topological polar surface area (TPSA) is 66.8 Å². The van der Waals surface area contributed by atoms with Gasteiger partial charge in [-0.2, -0.15) is 0 Å². The van der Waals surface area contributed by atoms with Crippen LogP contribution in [0.25, 0.3) is 0 Å². The number of nitrogens with one attached hydrogen (secondary N) is 1. The second-order valence-corrected chi connectivity index (χ2v) is 7.37. The summed E-state index contributed by atoms with van der Waals surface area (Å²) in [4.78, 5) is 7.04. The fourth-order valence-corrected chi connectivity index (χ4v) is 3.31. The van der Waals surface area contributed by atoms with Crippen molar-refractivity contribution in [2.45, 2.75) is 65.0 Å². The van der Waals surface area contributed by atoms with E-state index in [1.54, 1.807) is 6.26 Å². The van der Waals surface area contributed by atoms with E-state index in [4.69, 9.17) is 10.2 Å². The van der Waals surface area contributed by atoms with Gasteiger partial charge in [0.05, 0.1) is 18.8 Å². The highest BCUT2D eigenvalue weighted by Gasteiger charge is 2.25. The molecule has 0 spiro atoms. The zero-order chi connectivity index (χ0) is 17.4. The molecule has 1 saturated heterocycles. The number of guanidine groups is 1. The maximum Gasteiger partial charge on any atom is 0.188 e. The minimum atomic E-state index is 0.194. The normalized spacial score (nSPS) is 18.9. The standard InChI is InChI=1S/C19H34N4O/c1-15(2)8-6-9-16(3)22-19(20)21-14-17(18-10-7-13-24-18)23-11-4-5-12-23/h7,10,13,15-17H,4-6,8-9,11-12,14H2,1-3H3,(H3,20,21,22). The highest BCUT2D eigenvalue weighted by atomic mass is 16.3. The van der Waals surface area contributed by atoms with E-state index in [-0.39, 0.29) is 6.04 Å². The third kappa shape index (κ3) is 6.19. The summed E-state index contributed by atoms with van der Waals surface area (Å²) in [6.07, 6.45) is 7.85. The van der Waals surface area contributed by atoms with E-state index in [0.29, 0.717) is 18.5 Å². The van der Waals surface area contributed by atoms with Gasteiger partial charge < -0.3 is 15.5 Å². The Bertz CT molecular complexity index is 478. The van der Waals surface area contributed by atoms with Crippen LogP contribution in [0.3, 0.4) is 0 Å². The minimum Gasteiger partial charge on any atom is -0.468 e. The van der Waals surface area contributed by atoms with Gasteiger partial charge in [0.2, 0.25) is 0 Å². The molecule has 3 N–H and O–H groups in total. The average Bonchev–Trinajstić information content (AvgIpc) is 3.20. The van der Waals surface area contributed by atoms with Gasteiger partial charge in [0.25, 0.3) is 0 Å². The van der Waals surface area contributed by atoms with Crippen molar-refractivity contribution in [1.29, 1.82) is 0 Å². The molecule has 1 aromatic rings. The first kappa shape index (κ1) is 18.8. The highest BCUT2D eigenvalue weighted by molar-refractivity contribution is 5.78. The first-order chi connectivity index (χ1) is 11.6. The molecule has 2 heterocycles. The lowest BCUT2D eigenvalue weighted by atomic mass is 10.0. The molecule has 2 atom stereocenters. The van der Waals surface area contributed by atoms with E-state index in [1.165, 1.54) is 25.7 Å². The summed E-state index contributed by atoms with van der Waals surface area (Å²) in [5.41, 5.74) is 6.10. The lowest BCUT2D eigenvalue weighted by molar-refractivity contribution is 0.221. The van der Waals surface area contributed by atoms with Crippen LogP contribution in [0.1, 0.15) is 64.7 Å². The molecule has 1 aliphatic rings. The van der Waals surface area contributed by atoms with Crippen LogP contribution >= 0.6 is 0 Å².